The number of nitro groups is 5. The molecule has 0 saturated heterocycles. The molecule has 2 aliphatic carbocycles. The number of nitrogens with one attached hydrogen (secondary N) is 1. The molecule has 2 fully saturated rings. The minimum atomic E-state index is -1.41. The average molecular weight is 1710 g/mol. The lowest BCUT2D eigenvalue weighted by Gasteiger charge is -2.34. The van der Waals surface area contributed by atoms with Gasteiger partial charge in [-0.25, -0.2) is 29.7 Å². The van der Waals surface area contributed by atoms with Gasteiger partial charge in [0.2, 0.25) is 42.9 Å². The maximum absolute atomic E-state index is 12.6. The number of hydrogen-bond acceptors (Lipinski definition) is 34. The van der Waals surface area contributed by atoms with E-state index < -0.39 is 73.6 Å². The Labute approximate surface area is 686 Å². The van der Waals surface area contributed by atoms with Crippen LogP contribution in [-0.4, -0.2) is 167 Å². The molecule has 1 N–H and O–H groups in total. The van der Waals surface area contributed by atoms with Crippen LogP contribution in [-0.2, 0) is 83.8 Å². The van der Waals surface area contributed by atoms with E-state index in [2.05, 4.69) is 69.6 Å². The number of carbonyl (C=O) groups is 7. The second-order valence-electron chi connectivity index (χ2n) is 24.9. The number of carbonyl (C=O) groups excluding carboxylic acids is 9. The summed E-state index contributed by atoms with van der Waals surface area (Å²) in [5, 5.41) is 56.9. The van der Waals surface area contributed by atoms with E-state index in [-0.39, 0.29) is 167 Å². The van der Waals surface area contributed by atoms with Crippen molar-refractivity contribution in [3.8, 4) is 29.3 Å². The molecule has 3 aliphatic rings. The number of amides is 1. The molecule has 43 heteroatoms. The van der Waals surface area contributed by atoms with Crippen LogP contribution in [0, 0.1) is 50.6 Å². The largest absolute Gasteiger partial charge is 0.545 e. The fourth-order valence-electron chi connectivity index (χ4n) is 10.9. The van der Waals surface area contributed by atoms with Crippen LogP contribution >= 0.6 is 23.2 Å². The first-order valence-electron chi connectivity index (χ1n) is 35.3. The highest BCUT2D eigenvalue weighted by Crippen LogP contribution is 2.47. The molecule has 6 aromatic rings. The summed E-state index contributed by atoms with van der Waals surface area (Å²) in [6.45, 7) is 26.1. The average Bonchev–Trinajstić information content (AvgIpc) is 1.59. The van der Waals surface area contributed by atoms with Crippen LogP contribution in [0.1, 0.15) is 127 Å². The number of nitrogens with zero attached hydrogens (tertiary/aromatic N) is 10. The number of esters is 4. The van der Waals surface area contributed by atoms with Gasteiger partial charge in [-0.2, -0.15) is 9.59 Å². The summed E-state index contributed by atoms with van der Waals surface area (Å²) in [5.74, 6) is -0.669. The van der Waals surface area contributed by atoms with Crippen molar-refractivity contribution in [3.63, 3.8) is 0 Å². The van der Waals surface area contributed by atoms with Gasteiger partial charge in [-0.05, 0) is 110 Å². The topological polar surface area (TPSA) is 538 Å². The Morgan fingerprint density at radius 3 is 1.49 bits per heavy atom. The summed E-state index contributed by atoms with van der Waals surface area (Å²) in [5.41, 5.74) is -1.45. The Hall–Kier alpha value is -13.1. The van der Waals surface area contributed by atoms with Crippen molar-refractivity contribution in [2.24, 2.45) is 0 Å². The van der Waals surface area contributed by atoms with Gasteiger partial charge in [0.25, 0.3) is 22.7 Å². The third-order valence-corrected chi connectivity index (χ3v) is 17.7. The molecule has 2 saturated carbocycles. The van der Waals surface area contributed by atoms with Crippen LogP contribution in [0.2, 0.25) is 29.9 Å². The number of nitro benzene ring substituents is 1. The lowest BCUT2D eigenvalue weighted by atomic mass is 9.68. The summed E-state index contributed by atoms with van der Waals surface area (Å²) >= 11 is 10.8. The summed E-state index contributed by atoms with van der Waals surface area (Å²) in [6, 6.07) is 18.2. The number of hydrogen-bond donors (Lipinski definition) is 1. The quantitative estimate of drug-likeness (QED) is 0.00606. The number of halogens is 2. The van der Waals surface area contributed by atoms with Crippen LogP contribution in [0.25, 0.3) is 5.57 Å². The number of aromatic nitrogens is 5. The second kappa shape index (κ2) is 49.6. The van der Waals surface area contributed by atoms with Crippen LogP contribution in [0.3, 0.4) is 0 Å². The zero-order valence-electron chi connectivity index (χ0n) is 66.7. The summed E-state index contributed by atoms with van der Waals surface area (Å²) in [7, 11) is 5.75. The first kappa shape index (κ1) is 101. The van der Waals surface area contributed by atoms with Crippen molar-refractivity contribution >= 4 is 119 Å². The zero-order chi connectivity index (χ0) is 89.4. The minimum Gasteiger partial charge on any atom is -0.545 e. The molecule has 1 aliphatic heterocycles. The number of rotatable bonds is 26. The smallest absolute Gasteiger partial charge is 0.373 e. The number of Topliss-reactive ketones (excluding diaryl/α,β-unsaturated/α-hetero) is 2. The highest BCUT2D eigenvalue weighted by molar-refractivity contribution is 6.70. The normalized spacial score (nSPS) is 13.0. The van der Waals surface area contributed by atoms with E-state index in [1.54, 1.807) is 53.9 Å². The van der Waals surface area contributed by atoms with E-state index in [9.17, 15) is 84.1 Å². The molecular weight excluding hydrogens is 1620 g/mol. The van der Waals surface area contributed by atoms with E-state index in [1.165, 1.54) is 95.2 Å². The molecule has 1 unspecified atom stereocenters. The van der Waals surface area contributed by atoms with Gasteiger partial charge in [-0.3, -0.25) is 79.3 Å². The number of ether oxygens (including phenoxy) is 9. The van der Waals surface area contributed by atoms with Gasteiger partial charge in [-0.1, -0.05) is 49.9 Å². The van der Waals surface area contributed by atoms with Gasteiger partial charge in [0, 0.05) is 80.3 Å². The van der Waals surface area contributed by atoms with Crippen molar-refractivity contribution in [2.75, 3.05) is 67.3 Å². The fraction of sp³-hybridized carbons (Fsp3) is 0.400. The van der Waals surface area contributed by atoms with Gasteiger partial charge < -0.3 is 52.4 Å². The van der Waals surface area contributed by atoms with Crippen molar-refractivity contribution < 1.29 is 115 Å². The van der Waals surface area contributed by atoms with E-state index in [1.807, 2.05) is 6.07 Å². The van der Waals surface area contributed by atoms with Gasteiger partial charge in [0.05, 0.1) is 127 Å². The molecule has 40 nitrogen and oxygen atoms in total. The van der Waals surface area contributed by atoms with Gasteiger partial charge in [0.1, 0.15) is 45.2 Å². The maximum atomic E-state index is 12.6. The molecule has 9 rings (SSSR count). The Morgan fingerprint density at radius 2 is 1.03 bits per heavy atom. The van der Waals surface area contributed by atoms with Crippen LogP contribution in [0.15, 0.2) is 110 Å². The molecule has 1 aromatic carbocycles. The zero-order valence-corrected chi connectivity index (χ0v) is 69.3. The summed E-state index contributed by atoms with van der Waals surface area (Å²) in [4.78, 5) is 169. The second-order valence-corrected chi connectivity index (χ2v) is 30.1. The SMILES string of the molecule is C=C(C(=O)OCC)c1nc(OC)ccc1[N+](=O)[O-].C=CC(=C)O[Si](C)(C)C.CCOC(=O)C(CC)c1nc(OC)ccc1[N+](=O)[O-].CCOC(=O)C1(c2cc(OC)ccc2[N+](=O)[O-])CCC(=O)CC1.CCOC(=O)Cc1nc(OC)ccc1[N+](=O)[O-].COc1ccc2c(n1)C1(CCC(=O)CC1)C(=O)N2.O=C=O.O=[N+]([O-])c1ccc(Cl)nc1Cl. The lowest BCUT2D eigenvalue weighted by Crippen LogP contribution is -2.41. The number of pyridine rings is 5. The van der Waals surface area contributed by atoms with Crippen LogP contribution < -0.4 is 29.0 Å². The Bertz CT molecular complexity index is 4650. The van der Waals surface area contributed by atoms with Crippen molar-refractivity contribution in [1.82, 2.24) is 24.9 Å². The Balaban J connectivity index is 0.000000471. The highest BCUT2D eigenvalue weighted by atomic mass is 35.5. The number of allylic oxidation sites excluding steroid dienone is 1. The minimum absolute atomic E-state index is 0.0350. The molecule has 1 amide bonds. The standard InChI is InChI=1S/C16H19NO6.C13H14N2O3.C12H16N2O5.C11H12N2O5.C10H12N2O5.C7H14OSi.C5H2Cl2N2O2.CO2/c1-3-23-15(19)16(8-6-11(18)7-9-16)13-10-12(22-2)4-5-14(13)17(20)21;1-18-10-3-2-9-11(15-10)13(12(17)14-9)6-4-8(16)5-7-13;1-4-8(12(15)19-5-2)11-9(14(16)17)6-7-10(13-11)18-3;1-4-18-11(14)7(2)10-8(13(15)16)5-6-9(12-10)17-3;1-3-17-10(13)6-7-8(12(14)15)4-5-9(11-7)16-2;1-6-7(2)8-9(3,4)5;6-4-2-1-3(9(10)11)5(7)8-4;2-1-3/h4-5,10H,3,6-9H2,1-2H3;2-3H,4-7H2,1H3,(H,14,17);6-8H,4-5H2,1-3H3;5-6H,2,4H2,1,3H3;4-5H,3,6H2,1-2H3;6H,1-2H2,3-5H3;1-2H;. The first-order chi connectivity index (χ1) is 55.7. The molecule has 0 radical (unpaired) electrons. The monoisotopic (exact) mass is 1710 g/mol. The molecule has 1 atom stereocenters. The summed E-state index contributed by atoms with van der Waals surface area (Å²) in [6.07, 6.45) is 4.81. The molecule has 5 aromatic heterocycles. The number of ketones is 2. The Morgan fingerprint density at radius 1 is 0.576 bits per heavy atom. The molecular formula is C75H89Cl2N11O29Si. The van der Waals surface area contributed by atoms with Gasteiger partial charge in [-0.15, -0.1) is 0 Å². The van der Waals surface area contributed by atoms with E-state index >= 15 is 0 Å². The van der Waals surface area contributed by atoms with Crippen molar-refractivity contribution in [1.29, 1.82) is 0 Å². The lowest BCUT2D eigenvalue weighted by molar-refractivity contribution is -0.386. The van der Waals surface area contributed by atoms with Gasteiger partial charge in [0.15, 0.2) is 5.69 Å². The highest BCUT2D eigenvalue weighted by Gasteiger charge is 2.51. The Kier molecular flexibility index (Phi) is 42.4. The van der Waals surface area contributed by atoms with Crippen LogP contribution in [0.5, 0.6) is 29.3 Å². The first-order valence-corrected chi connectivity index (χ1v) is 39.5. The number of benzene rings is 1. The number of anilines is 1. The molecule has 118 heavy (non-hydrogen) atoms. The van der Waals surface area contributed by atoms with E-state index in [0.29, 0.717) is 49.5 Å². The van der Waals surface area contributed by atoms with Crippen molar-refractivity contribution in [2.45, 2.75) is 135 Å². The van der Waals surface area contributed by atoms with Gasteiger partial charge >= 0.3 is 35.7 Å². The number of fused-ring (bicyclic) bond motifs is 2. The molecule has 0 bridgehead atoms. The van der Waals surface area contributed by atoms with Crippen molar-refractivity contribution in [3.05, 3.63) is 200 Å². The third kappa shape index (κ3) is 30.2. The predicted molar refractivity (Wildman–Crippen MR) is 424 cm³/mol. The fourth-order valence-corrected chi connectivity index (χ4v) is 12.2. The van der Waals surface area contributed by atoms with E-state index in [0.717, 1.165) is 11.4 Å². The van der Waals surface area contributed by atoms with E-state index in [4.69, 9.17) is 79.8 Å². The predicted octanol–water partition coefficient (Wildman–Crippen LogP) is 13.0. The molecule has 6 heterocycles. The molecule has 1 spiro atoms. The third-order valence-electron chi connectivity index (χ3n) is 16.4. The van der Waals surface area contributed by atoms with Crippen LogP contribution in [0.4, 0.5) is 34.1 Å². The number of methoxy groups -OCH3 is 5. The molecule has 636 valence electrons. The summed E-state index contributed by atoms with van der Waals surface area (Å²) < 4.78 is 49.8. The maximum Gasteiger partial charge on any atom is 0.373 e.